The van der Waals surface area contributed by atoms with Gasteiger partial charge < -0.3 is 19.9 Å². The molecule has 1 saturated heterocycles. The van der Waals surface area contributed by atoms with Crippen LogP contribution in [0.5, 0.6) is 0 Å². The minimum absolute atomic E-state index is 0.0586. The lowest BCUT2D eigenvalue weighted by Crippen LogP contribution is -2.47. The molecular formula is C18H23N5O2. The van der Waals surface area contributed by atoms with Crippen LogP contribution in [0.4, 0.5) is 11.5 Å². The van der Waals surface area contributed by atoms with Crippen molar-refractivity contribution in [3.05, 3.63) is 48.4 Å². The lowest BCUT2D eigenvalue weighted by atomic mass is 10.2. The molecule has 25 heavy (non-hydrogen) atoms. The molecular weight excluding hydrogens is 318 g/mol. The van der Waals surface area contributed by atoms with Crippen molar-refractivity contribution in [1.82, 2.24) is 19.8 Å². The molecule has 0 aliphatic carbocycles. The summed E-state index contributed by atoms with van der Waals surface area (Å²) in [5.41, 5.74) is 0.951. The van der Waals surface area contributed by atoms with E-state index in [0.29, 0.717) is 37.9 Å². The minimum atomic E-state index is -0.265. The van der Waals surface area contributed by atoms with Crippen LogP contribution < -0.4 is 5.32 Å². The second kappa shape index (κ2) is 8.04. The van der Waals surface area contributed by atoms with Gasteiger partial charge in [0, 0.05) is 18.4 Å². The average molecular weight is 341 g/mol. The standard InChI is InChI=1S/C18H23N5O2/c1-22(2)12-17(24)23-10-11-25-13-15(23)18-19-9-8-16(21-18)20-14-6-4-3-5-7-14/h3-9,15H,10-13H2,1-2H3,(H,19,20,21)/t15-/m1/s1. The molecule has 0 bridgehead atoms. The highest BCUT2D eigenvalue weighted by molar-refractivity contribution is 5.78. The molecule has 1 aliphatic heterocycles. The smallest absolute Gasteiger partial charge is 0.237 e. The number of rotatable bonds is 5. The Kier molecular flexibility index (Phi) is 5.57. The summed E-state index contributed by atoms with van der Waals surface area (Å²) in [7, 11) is 3.77. The van der Waals surface area contributed by atoms with Gasteiger partial charge in [0.15, 0.2) is 5.82 Å². The van der Waals surface area contributed by atoms with E-state index in [9.17, 15) is 4.79 Å². The van der Waals surface area contributed by atoms with Crippen LogP contribution >= 0.6 is 0 Å². The maximum absolute atomic E-state index is 12.5. The van der Waals surface area contributed by atoms with Crippen molar-refractivity contribution in [2.24, 2.45) is 0 Å². The molecule has 0 unspecified atom stereocenters. The third kappa shape index (κ3) is 4.52. The first-order valence-corrected chi connectivity index (χ1v) is 8.30. The fourth-order valence-corrected chi connectivity index (χ4v) is 2.75. The first kappa shape index (κ1) is 17.3. The number of nitrogens with one attached hydrogen (secondary N) is 1. The van der Waals surface area contributed by atoms with Gasteiger partial charge >= 0.3 is 0 Å². The van der Waals surface area contributed by atoms with Gasteiger partial charge in [0.05, 0.1) is 19.8 Å². The number of para-hydroxylation sites is 1. The Bertz CT molecular complexity index is 708. The predicted molar refractivity (Wildman–Crippen MR) is 95.6 cm³/mol. The third-order valence-electron chi connectivity index (χ3n) is 3.92. The van der Waals surface area contributed by atoms with E-state index in [4.69, 9.17) is 4.74 Å². The van der Waals surface area contributed by atoms with Gasteiger partial charge in [-0.05, 0) is 32.3 Å². The summed E-state index contributed by atoms with van der Waals surface area (Å²) in [6.07, 6.45) is 1.71. The normalized spacial score (nSPS) is 17.6. The molecule has 0 saturated carbocycles. The van der Waals surface area contributed by atoms with E-state index in [-0.39, 0.29) is 11.9 Å². The zero-order chi connectivity index (χ0) is 17.6. The van der Waals surface area contributed by atoms with Crippen molar-refractivity contribution in [3.63, 3.8) is 0 Å². The third-order valence-corrected chi connectivity index (χ3v) is 3.92. The first-order chi connectivity index (χ1) is 12.1. The summed E-state index contributed by atoms with van der Waals surface area (Å²) in [5, 5.41) is 3.26. The lowest BCUT2D eigenvalue weighted by molar-refractivity contribution is -0.141. The van der Waals surface area contributed by atoms with E-state index in [1.165, 1.54) is 0 Å². The van der Waals surface area contributed by atoms with E-state index in [0.717, 1.165) is 5.69 Å². The summed E-state index contributed by atoms with van der Waals surface area (Å²) in [4.78, 5) is 25.2. The highest BCUT2D eigenvalue weighted by Crippen LogP contribution is 2.23. The van der Waals surface area contributed by atoms with Crippen LogP contribution in [0.2, 0.25) is 0 Å². The van der Waals surface area contributed by atoms with E-state index < -0.39 is 0 Å². The molecule has 0 spiro atoms. The number of carbonyl (C=O) groups excluding carboxylic acids is 1. The van der Waals surface area contributed by atoms with Crippen molar-refractivity contribution in [3.8, 4) is 0 Å². The van der Waals surface area contributed by atoms with Crippen LogP contribution in [0.1, 0.15) is 11.9 Å². The Morgan fingerprint density at radius 3 is 2.88 bits per heavy atom. The van der Waals surface area contributed by atoms with Gasteiger partial charge in [-0.3, -0.25) is 4.79 Å². The molecule has 0 radical (unpaired) electrons. The van der Waals surface area contributed by atoms with E-state index in [1.54, 1.807) is 6.20 Å². The van der Waals surface area contributed by atoms with Crippen molar-refractivity contribution < 1.29 is 9.53 Å². The number of aromatic nitrogens is 2. The van der Waals surface area contributed by atoms with Gasteiger partial charge in [-0.25, -0.2) is 9.97 Å². The predicted octanol–water partition coefficient (Wildman–Crippen LogP) is 1.68. The Morgan fingerprint density at radius 1 is 1.32 bits per heavy atom. The number of carbonyl (C=O) groups is 1. The Morgan fingerprint density at radius 2 is 2.12 bits per heavy atom. The molecule has 7 heteroatoms. The second-order valence-corrected chi connectivity index (χ2v) is 6.21. The zero-order valence-corrected chi connectivity index (χ0v) is 14.6. The highest BCUT2D eigenvalue weighted by Gasteiger charge is 2.30. The number of amides is 1. The maximum Gasteiger partial charge on any atom is 0.237 e. The molecule has 1 amide bonds. The van der Waals surface area contributed by atoms with E-state index in [2.05, 4.69) is 15.3 Å². The molecule has 132 valence electrons. The van der Waals surface area contributed by atoms with E-state index >= 15 is 0 Å². The molecule has 2 aromatic rings. The quantitative estimate of drug-likeness (QED) is 0.892. The SMILES string of the molecule is CN(C)CC(=O)N1CCOC[C@@H]1c1nccc(Nc2ccccc2)n1. The van der Waals surface area contributed by atoms with Crippen LogP contribution in [0, 0.1) is 0 Å². The molecule has 1 atom stereocenters. The number of benzene rings is 1. The second-order valence-electron chi connectivity index (χ2n) is 6.21. The van der Waals surface area contributed by atoms with E-state index in [1.807, 2.05) is 60.3 Å². The van der Waals surface area contributed by atoms with Crippen LogP contribution in [-0.2, 0) is 9.53 Å². The Hall–Kier alpha value is -2.51. The molecule has 1 aromatic carbocycles. The molecule has 1 aromatic heterocycles. The number of anilines is 2. The number of nitrogens with zero attached hydrogens (tertiary/aromatic N) is 4. The monoisotopic (exact) mass is 341 g/mol. The summed E-state index contributed by atoms with van der Waals surface area (Å²) < 4.78 is 5.57. The Balaban J connectivity index is 1.79. The number of morpholine rings is 1. The highest BCUT2D eigenvalue weighted by atomic mass is 16.5. The topological polar surface area (TPSA) is 70.6 Å². The van der Waals surface area contributed by atoms with Gasteiger partial charge in [-0.2, -0.15) is 0 Å². The Labute approximate surface area is 147 Å². The van der Waals surface area contributed by atoms with Crippen LogP contribution in [0.15, 0.2) is 42.6 Å². The number of ether oxygens (including phenoxy) is 1. The summed E-state index contributed by atoms with van der Waals surface area (Å²) in [5.74, 6) is 1.35. The molecule has 1 fully saturated rings. The van der Waals surface area contributed by atoms with Crippen LogP contribution in [0.3, 0.4) is 0 Å². The largest absolute Gasteiger partial charge is 0.377 e. The van der Waals surface area contributed by atoms with Crippen LogP contribution in [-0.4, -0.2) is 66.1 Å². The molecule has 3 rings (SSSR count). The van der Waals surface area contributed by atoms with Gasteiger partial charge in [-0.1, -0.05) is 18.2 Å². The van der Waals surface area contributed by atoms with Gasteiger partial charge in [-0.15, -0.1) is 0 Å². The minimum Gasteiger partial charge on any atom is -0.377 e. The molecule has 1 N–H and O–H groups in total. The van der Waals surface area contributed by atoms with Crippen molar-refractivity contribution in [2.45, 2.75) is 6.04 Å². The van der Waals surface area contributed by atoms with Gasteiger partial charge in [0.1, 0.15) is 11.9 Å². The lowest BCUT2D eigenvalue weighted by Gasteiger charge is -2.35. The molecule has 2 heterocycles. The first-order valence-electron chi connectivity index (χ1n) is 8.30. The number of hydrogen-bond donors (Lipinski definition) is 1. The van der Waals surface area contributed by atoms with Gasteiger partial charge in [0.2, 0.25) is 5.91 Å². The number of likely N-dealkylation sites (N-methyl/N-ethyl adjacent to an activating group) is 1. The zero-order valence-electron chi connectivity index (χ0n) is 14.6. The average Bonchev–Trinajstić information content (AvgIpc) is 2.62. The van der Waals surface area contributed by atoms with Crippen molar-refractivity contribution in [2.75, 3.05) is 45.7 Å². The van der Waals surface area contributed by atoms with Gasteiger partial charge in [0.25, 0.3) is 0 Å². The van der Waals surface area contributed by atoms with Crippen LogP contribution in [0.25, 0.3) is 0 Å². The maximum atomic E-state index is 12.5. The van der Waals surface area contributed by atoms with Crippen molar-refractivity contribution in [1.29, 1.82) is 0 Å². The fraction of sp³-hybridized carbons (Fsp3) is 0.389. The van der Waals surface area contributed by atoms with Crippen molar-refractivity contribution >= 4 is 17.4 Å². The molecule has 7 nitrogen and oxygen atoms in total. The summed E-state index contributed by atoms with van der Waals surface area (Å²) in [6.45, 7) is 1.86. The fourth-order valence-electron chi connectivity index (χ4n) is 2.75. The molecule has 1 aliphatic rings. The number of hydrogen-bond acceptors (Lipinski definition) is 6. The summed E-state index contributed by atoms with van der Waals surface area (Å²) in [6, 6.07) is 11.4. The summed E-state index contributed by atoms with van der Waals surface area (Å²) >= 11 is 0.